The van der Waals surface area contributed by atoms with Crippen molar-refractivity contribution in [2.24, 2.45) is 0 Å². The third kappa shape index (κ3) is 4.73. The molecule has 0 radical (unpaired) electrons. The van der Waals surface area contributed by atoms with Gasteiger partial charge in [-0.25, -0.2) is 0 Å². The fourth-order valence-electron chi connectivity index (χ4n) is 4.19. The topological polar surface area (TPSA) is 85.3 Å². The number of benzene rings is 2. The van der Waals surface area contributed by atoms with Gasteiger partial charge in [-0.05, 0) is 42.2 Å². The Bertz CT molecular complexity index is 1060. The molecule has 0 saturated carbocycles. The molecule has 3 rings (SSSR count). The molecule has 176 valence electrons. The van der Waals surface area contributed by atoms with Gasteiger partial charge in [0.05, 0.1) is 25.8 Å². The van der Waals surface area contributed by atoms with E-state index < -0.39 is 17.7 Å². The second-order valence-electron chi connectivity index (χ2n) is 8.19. The number of carbonyl (C=O) groups is 2. The highest BCUT2D eigenvalue weighted by atomic mass is 16.5. The molecule has 0 bridgehead atoms. The van der Waals surface area contributed by atoms with Crippen molar-refractivity contribution in [1.82, 2.24) is 4.90 Å². The summed E-state index contributed by atoms with van der Waals surface area (Å²) in [5, 5.41) is 11.3. The molecule has 0 spiro atoms. The maximum atomic E-state index is 13.2. The molecule has 0 aromatic heterocycles. The number of likely N-dealkylation sites (tertiary alicyclic amines) is 1. The zero-order valence-electron chi connectivity index (χ0n) is 19.8. The van der Waals surface area contributed by atoms with Gasteiger partial charge in [-0.3, -0.25) is 9.59 Å². The molecule has 7 heteroatoms. The monoisotopic (exact) mass is 453 g/mol. The average molecular weight is 454 g/mol. The zero-order chi connectivity index (χ0) is 24.1. The van der Waals surface area contributed by atoms with Crippen LogP contribution in [0.3, 0.4) is 0 Å². The van der Waals surface area contributed by atoms with Gasteiger partial charge in [0.15, 0.2) is 0 Å². The minimum atomic E-state index is -0.775. The average Bonchev–Trinajstić information content (AvgIpc) is 3.08. The lowest BCUT2D eigenvalue weighted by Crippen LogP contribution is -2.31. The van der Waals surface area contributed by atoms with E-state index in [4.69, 9.17) is 14.2 Å². The quantitative estimate of drug-likeness (QED) is 0.264. The smallest absolute Gasteiger partial charge is 0.295 e. The maximum Gasteiger partial charge on any atom is 0.295 e. The van der Waals surface area contributed by atoms with Gasteiger partial charge in [0.1, 0.15) is 17.3 Å². The number of ketones is 1. The summed E-state index contributed by atoms with van der Waals surface area (Å²) in [5.41, 5.74) is 2.02. The largest absolute Gasteiger partial charge is 0.507 e. The van der Waals surface area contributed by atoms with Crippen LogP contribution in [0.15, 0.2) is 48.0 Å². The summed E-state index contributed by atoms with van der Waals surface area (Å²) in [6.45, 7) is 4.78. The molecule has 1 saturated heterocycles. The van der Waals surface area contributed by atoms with Crippen LogP contribution in [0.25, 0.3) is 5.76 Å². The predicted octanol–water partition coefficient (Wildman–Crippen LogP) is 4.29. The number of hydrogen-bond donors (Lipinski definition) is 1. The van der Waals surface area contributed by atoms with Crippen molar-refractivity contribution in [1.29, 1.82) is 0 Å². The van der Waals surface area contributed by atoms with E-state index in [1.54, 1.807) is 44.6 Å². The molecule has 2 aromatic rings. The van der Waals surface area contributed by atoms with Crippen LogP contribution in [0, 0.1) is 0 Å². The van der Waals surface area contributed by atoms with Crippen molar-refractivity contribution >= 4 is 17.4 Å². The first kappa shape index (κ1) is 24.3. The van der Waals surface area contributed by atoms with E-state index in [1.165, 1.54) is 12.0 Å². The fourth-order valence-corrected chi connectivity index (χ4v) is 4.19. The third-order valence-corrected chi connectivity index (χ3v) is 5.85. The van der Waals surface area contributed by atoms with E-state index >= 15 is 0 Å². The summed E-state index contributed by atoms with van der Waals surface area (Å²) in [6.07, 6.45) is 0.551. The van der Waals surface area contributed by atoms with Crippen LogP contribution in [-0.2, 0) is 14.3 Å². The number of ether oxygens (including phenoxy) is 3. The number of rotatable bonds is 9. The summed E-state index contributed by atoms with van der Waals surface area (Å²) in [6, 6.07) is 11.7. The molecule has 1 N–H and O–H groups in total. The Hall–Kier alpha value is -3.32. The van der Waals surface area contributed by atoms with E-state index in [0.717, 1.165) is 5.56 Å². The van der Waals surface area contributed by atoms with Gasteiger partial charge in [-0.15, -0.1) is 0 Å². The second-order valence-corrected chi connectivity index (χ2v) is 8.19. The SMILES string of the molecule is COCCCN1C(=O)C(=O)/C(=C(/O)c2ccc(OC)c(C(C)C)c2)C1c1ccccc1OC. The maximum absolute atomic E-state index is 13.2. The molecule has 1 fully saturated rings. The Morgan fingerprint density at radius 3 is 2.36 bits per heavy atom. The van der Waals surface area contributed by atoms with Crippen molar-refractivity contribution in [3.05, 3.63) is 64.7 Å². The fraction of sp³-hybridized carbons (Fsp3) is 0.385. The Morgan fingerprint density at radius 2 is 1.73 bits per heavy atom. The van der Waals surface area contributed by atoms with Crippen molar-refractivity contribution in [3.63, 3.8) is 0 Å². The van der Waals surface area contributed by atoms with Crippen molar-refractivity contribution in [3.8, 4) is 11.5 Å². The second kappa shape index (κ2) is 10.5. The minimum Gasteiger partial charge on any atom is -0.507 e. The van der Waals surface area contributed by atoms with Crippen LogP contribution in [0.1, 0.15) is 48.9 Å². The van der Waals surface area contributed by atoms with Gasteiger partial charge in [0.2, 0.25) is 0 Å². The van der Waals surface area contributed by atoms with E-state index in [1.807, 2.05) is 26.0 Å². The van der Waals surface area contributed by atoms with Crippen LogP contribution in [0.5, 0.6) is 11.5 Å². The van der Waals surface area contributed by atoms with Crippen molar-refractivity contribution in [2.75, 3.05) is 34.5 Å². The lowest BCUT2D eigenvalue weighted by molar-refractivity contribution is -0.140. The molecule has 1 aliphatic rings. The predicted molar refractivity (Wildman–Crippen MR) is 126 cm³/mol. The minimum absolute atomic E-state index is 0.0433. The number of Topliss-reactive ketones (excluding diaryl/α,β-unsaturated/α-hetero) is 1. The molecule has 1 aliphatic heterocycles. The first-order chi connectivity index (χ1) is 15.8. The summed E-state index contributed by atoms with van der Waals surface area (Å²) in [4.78, 5) is 27.7. The van der Waals surface area contributed by atoms with Crippen LogP contribution in [0.2, 0.25) is 0 Å². The van der Waals surface area contributed by atoms with Gasteiger partial charge >= 0.3 is 0 Å². The molecule has 0 aliphatic carbocycles. The Balaban J connectivity index is 2.20. The van der Waals surface area contributed by atoms with Crippen LogP contribution < -0.4 is 9.47 Å². The highest BCUT2D eigenvalue weighted by Crippen LogP contribution is 2.43. The first-order valence-electron chi connectivity index (χ1n) is 10.9. The van der Waals surface area contributed by atoms with Gasteiger partial charge in [-0.2, -0.15) is 0 Å². The van der Waals surface area contributed by atoms with E-state index in [9.17, 15) is 14.7 Å². The van der Waals surface area contributed by atoms with Crippen LogP contribution >= 0.6 is 0 Å². The molecular formula is C26H31NO6. The van der Waals surface area contributed by atoms with E-state index in [-0.39, 0.29) is 17.3 Å². The van der Waals surface area contributed by atoms with Crippen LogP contribution in [0.4, 0.5) is 0 Å². The van der Waals surface area contributed by atoms with Crippen LogP contribution in [-0.4, -0.2) is 56.2 Å². The van der Waals surface area contributed by atoms with Gasteiger partial charge in [0.25, 0.3) is 11.7 Å². The van der Waals surface area contributed by atoms with E-state index in [2.05, 4.69) is 0 Å². The summed E-state index contributed by atoms with van der Waals surface area (Å²) >= 11 is 0. The highest BCUT2D eigenvalue weighted by molar-refractivity contribution is 6.46. The number of methoxy groups -OCH3 is 3. The summed E-state index contributed by atoms with van der Waals surface area (Å²) < 4.78 is 16.1. The number of hydrogen-bond acceptors (Lipinski definition) is 6. The van der Waals surface area contributed by atoms with Gasteiger partial charge in [-0.1, -0.05) is 32.0 Å². The van der Waals surface area contributed by atoms with Crippen molar-refractivity contribution in [2.45, 2.75) is 32.2 Å². The van der Waals surface area contributed by atoms with Gasteiger partial charge < -0.3 is 24.2 Å². The van der Waals surface area contributed by atoms with E-state index in [0.29, 0.717) is 42.2 Å². The summed E-state index contributed by atoms with van der Waals surface area (Å²) in [7, 11) is 4.71. The third-order valence-electron chi connectivity index (χ3n) is 5.85. The summed E-state index contributed by atoms with van der Waals surface area (Å²) in [5.74, 6) is -0.228. The first-order valence-corrected chi connectivity index (χ1v) is 10.9. The Morgan fingerprint density at radius 1 is 1.03 bits per heavy atom. The Kier molecular flexibility index (Phi) is 7.76. The number of para-hydroxylation sites is 1. The molecule has 1 unspecified atom stereocenters. The molecule has 1 amide bonds. The molecule has 7 nitrogen and oxygen atoms in total. The lowest BCUT2D eigenvalue weighted by atomic mass is 9.92. The molecule has 33 heavy (non-hydrogen) atoms. The standard InChI is InChI=1S/C26H31NO6/c1-16(2)19-15-17(11-12-21(19)33-5)24(28)22-23(18-9-6-7-10-20(18)32-4)27(13-8-14-31-3)26(30)25(22)29/h6-7,9-12,15-16,23,28H,8,13-14H2,1-5H3/b24-22+. The number of carbonyl (C=O) groups excluding carboxylic acids is 2. The number of aliphatic hydroxyl groups excluding tert-OH is 1. The number of aliphatic hydroxyl groups is 1. The van der Waals surface area contributed by atoms with Gasteiger partial charge in [0, 0.05) is 31.4 Å². The number of nitrogens with zero attached hydrogens (tertiary/aromatic N) is 1. The molecule has 1 atom stereocenters. The zero-order valence-corrected chi connectivity index (χ0v) is 19.8. The molecule has 1 heterocycles. The number of amides is 1. The lowest BCUT2D eigenvalue weighted by Gasteiger charge is -2.26. The normalized spacial score (nSPS) is 17.6. The van der Waals surface area contributed by atoms with Crippen molar-refractivity contribution < 1.29 is 28.9 Å². The molecule has 2 aromatic carbocycles. The highest BCUT2D eigenvalue weighted by Gasteiger charge is 2.46. The Labute approximate surface area is 194 Å². The molecular weight excluding hydrogens is 422 g/mol.